The van der Waals surface area contributed by atoms with Gasteiger partial charge >= 0.3 is 0 Å². The summed E-state index contributed by atoms with van der Waals surface area (Å²) >= 11 is 0. The third-order valence-corrected chi connectivity index (χ3v) is 1.68. The van der Waals surface area contributed by atoms with E-state index in [0.717, 1.165) is 11.4 Å². The van der Waals surface area contributed by atoms with Gasteiger partial charge in [-0.15, -0.1) is 0 Å². The molecule has 0 bridgehead atoms. The van der Waals surface area contributed by atoms with E-state index in [1.807, 2.05) is 0 Å². The Morgan fingerprint density at radius 2 is 1.92 bits per heavy atom. The van der Waals surface area contributed by atoms with E-state index in [-0.39, 0.29) is 5.41 Å². The molecule has 0 saturated heterocycles. The van der Waals surface area contributed by atoms with Gasteiger partial charge in [-0.2, -0.15) is 0 Å². The number of hydrogen-bond donors (Lipinski definition) is 1. The number of rotatable bonds is 1. The smallest absolute Gasteiger partial charge is 0.0722 e. The van der Waals surface area contributed by atoms with Gasteiger partial charge in [-0.1, -0.05) is 20.8 Å². The Morgan fingerprint density at radius 1 is 1.25 bits per heavy atom. The van der Waals surface area contributed by atoms with E-state index in [0.29, 0.717) is 6.54 Å². The quantitative estimate of drug-likeness (QED) is 0.681. The summed E-state index contributed by atoms with van der Waals surface area (Å²) in [7, 11) is 0. The number of nitrogens with zero attached hydrogens (tertiary/aromatic N) is 2. The van der Waals surface area contributed by atoms with Crippen molar-refractivity contribution in [2.45, 2.75) is 32.7 Å². The molecule has 0 aromatic carbocycles. The third-order valence-electron chi connectivity index (χ3n) is 1.68. The maximum absolute atomic E-state index is 5.41. The van der Waals surface area contributed by atoms with E-state index < -0.39 is 0 Å². The van der Waals surface area contributed by atoms with Gasteiger partial charge in [0, 0.05) is 18.2 Å². The summed E-state index contributed by atoms with van der Waals surface area (Å²) in [5.74, 6) is 0. The first-order valence-corrected chi connectivity index (χ1v) is 4.05. The Bertz CT molecular complexity index is 245. The molecule has 0 aliphatic heterocycles. The SMILES string of the molecule is CC(C)(C)c1cnc(CN)cn1. The van der Waals surface area contributed by atoms with Crippen LogP contribution >= 0.6 is 0 Å². The van der Waals surface area contributed by atoms with Crippen LogP contribution in [-0.4, -0.2) is 9.97 Å². The van der Waals surface area contributed by atoms with E-state index in [4.69, 9.17) is 5.73 Å². The Labute approximate surface area is 73.0 Å². The van der Waals surface area contributed by atoms with Gasteiger partial charge in [0.1, 0.15) is 0 Å². The third kappa shape index (κ3) is 2.01. The molecule has 0 saturated carbocycles. The van der Waals surface area contributed by atoms with Gasteiger partial charge in [-0.05, 0) is 0 Å². The standard InChI is InChI=1S/C9H15N3/c1-9(2,3)8-6-11-7(4-10)5-12-8/h5-6H,4,10H2,1-3H3. The highest BCUT2D eigenvalue weighted by Crippen LogP contribution is 2.18. The van der Waals surface area contributed by atoms with Crippen LogP contribution < -0.4 is 5.73 Å². The molecule has 2 N–H and O–H groups in total. The first kappa shape index (κ1) is 9.13. The molecule has 1 aromatic heterocycles. The first-order valence-electron chi connectivity index (χ1n) is 4.05. The predicted molar refractivity (Wildman–Crippen MR) is 48.6 cm³/mol. The average molecular weight is 165 g/mol. The minimum absolute atomic E-state index is 0.0696. The number of aromatic nitrogens is 2. The lowest BCUT2D eigenvalue weighted by atomic mass is 9.93. The monoisotopic (exact) mass is 165 g/mol. The zero-order valence-corrected chi connectivity index (χ0v) is 7.83. The molecule has 1 rings (SSSR count). The molecule has 0 amide bonds. The molecular formula is C9H15N3. The summed E-state index contributed by atoms with van der Waals surface area (Å²) in [4.78, 5) is 8.45. The van der Waals surface area contributed by atoms with Crippen molar-refractivity contribution in [3.8, 4) is 0 Å². The second kappa shape index (κ2) is 3.19. The highest BCUT2D eigenvalue weighted by Gasteiger charge is 2.14. The van der Waals surface area contributed by atoms with Crippen molar-refractivity contribution < 1.29 is 0 Å². The van der Waals surface area contributed by atoms with Crippen LogP contribution in [0, 0.1) is 0 Å². The molecule has 0 aliphatic carbocycles. The molecule has 0 atom stereocenters. The molecule has 3 heteroatoms. The number of hydrogen-bond acceptors (Lipinski definition) is 3. The Morgan fingerprint density at radius 3 is 2.25 bits per heavy atom. The molecule has 0 aliphatic rings. The van der Waals surface area contributed by atoms with Crippen molar-refractivity contribution >= 4 is 0 Å². The fourth-order valence-corrected chi connectivity index (χ4v) is 0.847. The fourth-order valence-electron chi connectivity index (χ4n) is 0.847. The van der Waals surface area contributed by atoms with Gasteiger partial charge in [-0.3, -0.25) is 9.97 Å². The van der Waals surface area contributed by atoms with Crippen molar-refractivity contribution in [1.29, 1.82) is 0 Å². The molecule has 0 fully saturated rings. The van der Waals surface area contributed by atoms with Crippen LogP contribution in [0.2, 0.25) is 0 Å². The Balaban J connectivity index is 2.93. The summed E-state index contributed by atoms with van der Waals surface area (Å²) in [6.45, 7) is 6.79. The molecule has 12 heavy (non-hydrogen) atoms. The molecule has 1 aromatic rings. The lowest BCUT2D eigenvalue weighted by Crippen LogP contribution is -2.14. The zero-order valence-electron chi connectivity index (χ0n) is 7.83. The topological polar surface area (TPSA) is 51.8 Å². The highest BCUT2D eigenvalue weighted by atomic mass is 14.8. The van der Waals surface area contributed by atoms with Crippen LogP contribution in [0.25, 0.3) is 0 Å². The van der Waals surface area contributed by atoms with Crippen LogP contribution in [-0.2, 0) is 12.0 Å². The minimum Gasteiger partial charge on any atom is -0.325 e. The summed E-state index contributed by atoms with van der Waals surface area (Å²) in [6, 6.07) is 0. The van der Waals surface area contributed by atoms with Crippen molar-refractivity contribution in [2.24, 2.45) is 5.73 Å². The van der Waals surface area contributed by atoms with Crippen LogP contribution in [0.5, 0.6) is 0 Å². The average Bonchev–Trinajstić information content (AvgIpc) is 2.03. The van der Waals surface area contributed by atoms with Crippen LogP contribution in [0.4, 0.5) is 0 Å². The van der Waals surface area contributed by atoms with E-state index in [2.05, 4.69) is 30.7 Å². The van der Waals surface area contributed by atoms with Crippen LogP contribution in [0.3, 0.4) is 0 Å². The molecule has 3 nitrogen and oxygen atoms in total. The minimum atomic E-state index is 0.0696. The second-order valence-corrected chi connectivity index (χ2v) is 3.85. The zero-order chi connectivity index (χ0) is 9.19. The van der Waals surface area contributed by atoms with Gasteiger partial charge in [-0.25, -0.2) is 0 Å². The van der Waals surface area contributed by atoms with Crippen molar-refractivity contribution in [2.75, 3.05) is 0 Å². The van der Waals surface area contributed by atoms with E-state index >= 15 is 0 Å². The normalized spacial score (nSPS) is 11.7. The van der Waals surface area contributed by atoms with Gasteiger partial charge in [0.15, 0.2) is 0 Å². The van der Waals surface area contributed by atoms with Crippen molar-refractivity contribution in [3.63, 3.8) is 0 Å². The van der Waals surface area contributed by atoms with Crippen LogP contribution in [0.15, 0.2) is 12.4 Å². The maximum Gasteiger partial charge on any atom is 0.0722 e. The molecule has 0 spiro atoms. The van der Waals surface area contributed by atoms with Crippen molar-refractivity contribution in [3.05, 3.63) is 23.8 Å². The second-order valence-electron chi connectivity index (χ2n) is 3.85. The largest absolute Gasteiger partial charge is 0.325 e. The lowest BCUT2D eigenvalue weighted by molar-refractivity contribution is 0.564. The fraction of sp³-hybridized carbons (Fsp3) is 0.556. The van der Waals surface area contributed by atoms with E-state index in [9.17, 15) is 0 Å². The Hall–Kier alpha value is -0.960. The van der Waals surface area contributed by atoms with E-state index in [1.165, 1.54) is 0 Å². The summed E-state index contributed by atoms with van der Waals surface area (Å²) < 4.78 is 0. The van der Waals surface area contributed by atoms with Gasteiger partial charge in [0.05, 0.1) is 17.6 Å². The van der Waals surface area contributed by atoms with Gasteiger partial charge in [0.2, 0.25) is 0 Å². The number of nitrogens with two attached hydrogens (primary N) is 1. The predicted octanol–water partition coefficient (Wildman–Crippen LogP) is 1.23. The molecular weight excluding hydrogens is 150 g/mol. The maximum atomic E-state index is 5.41. The summed E-state index contributed by atoms with van der Waals surface area (Å²) in [5.41, 5.74) is 7.31. The summed E-state index contributed by atoms with van der Waals surface area (Å²) in [6.07, 6.45) is 3.53. The highest BCUT2D eigenvalue weighted by molar-refractivity contribution is 5.10. The molecule has 0 unspecified atom stereocenters. The summed E-state index contributed by atoms with van der Waals surface area (Å²) in [5, 5.41) is 0. The van der Waals surface area contributed by atoms with E-state index in [1.54, 1.807) is 12.4 Å². The molecule has 1 heterocycles. The van der Waals surface area contributed by atoms with Gasteiger partial charge < -0.3 is 5.73 Å². The lowest BCUT2D eigenvalue weighted by Gasteiger charge is -2.16. The molecule has 66 valence electrons. The molecule has 0 radical (unpaired) electrons. The Kier molecular flexibility index (Phi) is 2.43. The first-order chi connectivity index (χ1) is 5.54. The van der Waals surface area contributed by atoms with Crippen LogP contribution in [0.1, 0.15) is 32.2 Å². The van der Waals surface area contributed by atoms with Crippen molar-refractivity contribution in [1.82, 2.24) is 9.97 Å². The van der Waals surface area contributed by atoms with Gasteiger partial charge in [0.25, 0.3) is 0 Å².